The van der Waals surface area contributed by atoms with Gasteiger partial charge in [0, 0.05) is 23.5 Å². The molecule has 0 aliphatic heterocycles. The first-order chi connectivity index (χ1) is 10.5. The highest BCUT2D eigenvalue weighted by atomic mass is 16.1. The van der Waals surface area contributed by atoms with Gasteiger partial charge in [-0.25, -0.2) is 0 Å². The largest absolute Gasteiger partial charge is 0.385 e. The lowest BCUT2D eigenvalue weighted by Gasteiger charge is -2.10. The maximum atomic E-state index is 12.2. The number of nitrogens with one attached hydrogen (secondary N) is 2. The molecule has 2 aromatic rings. The Morgan fingerprint density at radius 2 is 1.73 bits per heavy atom. The molecular weight excluding hydrogens is 272 g/mol. The molecule has 0 saturated carbocycles. The Labute approximate surface area is 132 Å². The van der Waals surface area contributed by atoms with E-state index < -0.39 is 0 Å². The summed E-state index contributed by atoms with van der Waals surface area (Å²) in [6.07, 6.45) is 1.14. The molecule has 0 heterocycles. The molecule has 0 unspecified atom stereocenters. The van der Waals surface area contributed by atoms with Crippen molar-refractivity contribution >= 4 is 17.3 Å². The Morgan fingerprint density at radius 3 is 2.36 bits per heavy atom. The third-order valence-electron chi connectivity index (χ3n) is 3.47. The van der Waals surface area contributed by atoms with Crippen LogP contribution in [0.25, 0.3) is 0 Å². The van der Waals surface area contributed by atoms with E-state index in [0.29, 0.717) is 11.5 Å². The van der Waals surface area contributed by atoms with Gasteiger partial charge in [-0.3, -0.25) is 4.79 Å². The second-order valence-electron chi connectivity index (χ2n) is 6.01. The molecule has 0 fully saturated rings. The van der Waals surface area contributed by atoms with E-state index in [0.717, 1.165) is 29.9 Å². The highest BCUT2D eigenvalue weighted by molar-refractivity contribution is 6.04. The molecule has 0 saturated heterocycles. The molecule has 22 heavy (non-hydrogen) atoms. The number of anilines is 2. The van der Waals surface area contributed by atoms with E-state index in [2.05, 4.69) is 24.5 Å². The molecule has 3 heteroatoms. The minimum atomic E-state index is -0.0794. The second kappa shape index (κ2) is 7.64. The topological polar surface area (TPSA) is 41.1 Å². The van der Waals surface area contributed by atoms with Crippen molar-refractivity contribution in [3.63, 3.8) is 0 Å². The number of hydrogen-bond acceptors (Lipinski definition) is 2. The quantitative estimate of drug-likeness (QED) is 0.811. The molecule has 0 aromatic heterocycles. The zero-order valence-corrected chi connectivity index (χ0v) is 13.5. The van der Waals surface area contributed by atoms with Crippen LogP contribution in [0.3, 0.4) is 0 Å². The van der Waals surface area contributed by atoms with Crippen LogP contribution >= 0.6 is 0 Å². The predicted octanol–water partition coefficient (Wildman–Crippen LogP) is 4.71. The van der Waals surface area contributed by atoms with Crippen molar-refractivity contribution in [2.24, 2.45) is 5.92 Å². The average molecular weight is 296 g/mol. The summed E-state index contributed by atoms with van der Waals surface area (Å²) < 4.78 is 0. The van der Waals surface area contributed by atoms with Gasteiger partial charge in [0.25, 0.3) is 5.91 Å². The van der Waals surface area contributed by atoms with Crippen molar-refractivity contribution in [2.75, 3.05) is 17.2 Å². The first kappa shape index (κ1) is 16.1. The number of amides is 1. The summed E-state index contributed by atoms with van der Waals surface area (Å²) in [5.41, 5.74) is 3.65. The molecule has 2 aromatic carbocycles. The van der Waals surface area contributed by atoms with Crippen molar-refractivity contribution < 1.29 is 4.79 Å². The Bertz CT molecular complexity index is 618. The second-order valence-corrected chi connectivity index (χ2v) is 6.01. The molecule has 0 radical (unpaired) electrons. The Hall–Kier alpha value is -2.29. The fraction of sp³-hybridized carbons (Fsp3) is 0.316. The summed E-state index contributed by atoms with van der Waals surface area (Å²) in [6, 6.07) is 15.4. The van der Waals surface area contributed by atoms with Gasteiger partial charge in [0.15, 0.2) is 0 Å². The third-order valence-corrected chi connectivity index (χ3v) is 3.47. The normalized spacial score (nSPS) is 10.5. The Morgan fingerprint density at radius 1 is 1.05 bits per heavy atom. The van der Waals surface area contributed by atoms with Crippen molar-refractivity contribution in [1.82, 2.24) is 0 Å². The number of rotatable bonds is 6. The lowest BCUT2D eigenvalue weighted by molar-refractivity contribution is 0.102. The summed E-state index contributed by atoms with van der Waals surface area (Å²) >= 11 is 0. The van der Waals surface area contributed by atoms with Crippen molar-refractivity contribution in [1.29, 1.82) is 0 Å². The van der Waals surface area contributed by atoms with Gasteiger partial charge in [0.05, 0.1) is 0 Å². The highest BCUT2D eigenvalue weighted by Gasteiger charge is 2.05. The summed E-state index contributed by atoms with van der Waals surface area (Å²) in [4.78, 5) is 12.2. The lowest BCUT2D eigenvalue weighted by atomic mass is 10.1. The molecule has 0 aliphatic rings. The zero-order valence-electron chi connectivity index (χ0n) is 13.5. The minimum absolute atomic E-state index is 0.0794. The molecule has 1 amide bonds. The molecule has 0 aliphatic carbocycles. The van der Waals surface area contributed by atoms with E-state index in [-0.39, 0.29) is 5.91 Å². The number of carbonyl (C=O) groups excluding carboxylic acids is 1. The summed E-state index contributed by atoms with van der Waals surface area (Å²) in [5.74, 6) is 0.615. The lowest BCUT2D eigenvalue weighted by Crippen LogP contribution is -2.12. The van der Waals surface area contributed by atoms with E-state index in [9.17, 15) is 4.79 Å². The van der Waals surface area contributed by atoms with Gasteiger partial charge in [0.2, 0.25) is 0 Å². The summed E-state index contributed by atoms with van der Waals surface area (Å²) in [5, 5.41) is 6.30. The third kappa shape index (κ3) is 4.92. The van der Waals surface area contributed by atoms with Crippen molar-refractivity contribution in [3.05, 3.63) is 59.7 Å². The van der Waals surface area contributed by atoms with Crippen LogP contribution in [0, 0.1) is 12.8 Å². The zero-order chi connectivity index (χ0) is 15.9. The number of benzene rings is 2. The SMILES string of the molecule is Cc1cccc(C(=O)Nc2ccc(NCCC(C)C)cc2)c1. The van der Waals surface area contributed by atoms with Crippen LogP contribution in [0.4, 0.5) is 11.4 Å². The standard InChI is InChI=1S/C19H24N2O/c1-14(2)11-12-20-17-7-9-18(10-8-17)21-19(22)16-6-4-5-15(3)13-16/h4-10,13-14,20H,11-12H2,1-3H3,(H,21,22). The number of aryl methyl sites for hydroxylation is 1. The van der Waals surface area contributed by atoms with Gasteiger partial charge in [-0.15, -0.1) is 0 Å². The van der Waals surface area contributed by atoms with Gasteiger partial charge in [0.1, 0.15) is 0 Å². The van der Waals surface area contributed by atoms with E-state index in [1.165, 1.54) is 0 Å². The fourth-order valence-electron chi connectivity index (χ4n) is 2.17. The van der Waals surface area contributed by atoms with Crippen LogP contribution in [-0.2, 0) is 0 Å². The summed E-state index contributed by atoms with van der Waals surface area (Å²) in [6.45, 7) is 7.37. The molecule has 3 nitrogen and oxygen atoms in total. The molecule has 0 spiro atoms. The van der Waals surface area contributed by atoms with Crippen LogP contribution in [-0.4, -0.2) is 12.5 Å². The van der Waals surface area contributed by atoms with Gasteiger partial charge in [-0.2, -0.15) is 0 Å². The van der Waals surface area contributed by atoms with Gasteiger partial charge in [-0.1, -0.05) is 31.5 Å². The highest BCUT2D eigenvalue weighted by Crippen LogP contribution is 2.15. The minimum Gasteiger partial charge on any atom is -0.385 e. The van der Waals surface area contributed by atoms with E-state index in [4.69, 9.17) is 0 Å². The maximum Gasteiger partial charge on any atom is 0.255 e. The van der Waals surface area contributed by atoms with Crippen LogP contribution in [0.15, 0.2) is 48.5 Å². The molecule has 0 atom stereocenters. The van der Waals surface area contributed by atoms with Gasteiger partial charge in [-0.05, 0) is 55.7 Å². The Balaban J connectivity index is 1.92. The molecule has 2 N–H and O–H groups in total. The van der Waals surface area contributed by atoms with Crippen LogP contribution in [0.1, 0.15) is 36.2 Å². The van der Waals surface area contributed by atoms with Crippen LogP contribution in [0.2, 0.25) is 0 Å². The number of carbonyl (C=O) groups is 1. The molecule has 116 valence electrons. The monoisotopic (exact) mass is 296 g/mol. The van der Waals surface area contributed by atoms with Crippen molar-refractivity contribution in [3.8, 4) is 0 Å². The van der Waals surface area contributed by atoms with E-state index >= 15 is 0 Å². The summed E-state index contributed by atoms with van der Waals surface area (Å²) in [7, 11) is 0. The fourth-order valence-corrected chi connectivity index (χ4v) is 2.17. The molecule has 0 bridgehead atoms. The van der Waals surface area contributed by atoms with Gasteiger partial charge < -0.3 is 10.6 Å². The first-order valence-electron chi connectivity index (χ1n) is 7.76. The maximum absolute atomic E-state index is 12.2. The average Bonchev–Trinajstić information content (AvgIpc) is 2.48. The van der Waals surface area contributed by atoms with Gasteiger partial charge >= 0.3 is 0 Å². The smallest absolute Gasteiger partial charge is 0.255 e. The van der Waals surface area contributed by atoms with E-state index in [1.807, 2.05) is 55.5 Å². The van der Waals surface area contributed by atoms with Crippen LogP contribution < -0.4 is 10.6 Å². The Kier molecular flexibility index (Phi) is 5.59. The van der Waals surface area contributed by atoms with E-state index in [1.54, 1.807) is 0 Å². The molecular formula is C19H24N2O. The molecule has 2 rings (SSSR count). The van der Waals surface area contributed by atoms with Crippen LogP contribution in [0.5, 0.6) is 0 Å². The predicted molar refractivity (Wildman–Crippen MR) is 93.5 cm³/mol. The number of hydrogen-bond donors (Lipinski definition) is 2. The van der Waals surface area contributed by atoms with Crippen molar-refractivity contribution in [2.45, 2.75) is 27.2 Å². The first-order valence-corrected chi connectivity index (χ1v) is 7.76.